The molecule has 11 heteroatoms. The van der Waals surface area contributed by atoms with Gasteiger partial charge >= 0.3 is 14.0 Å². The van der Waals surface area contributed by atoms with Gasteiger partial charge in [0.05, 0.1) is 12.2 Å². The number of alkyl halides is 1. The molecule has 1 N–H and O–H groups in total. The molecule has 1 heterocycles. The molecule has 0 spiro atoms. The van der Waals surface area contributed by atoms with E-state index in [4.69, 9.17) is 18.9 Å². The van der Waals surface area contributed by atoms with Crippen molar-refractivity contribution in [1.29, 1.82) is 0 Å². The van der Waals surface area contributed by atoms with Gasteiger partial charge in [-0.25, -0.2) is 9.18 Å². The summed E-state index contributed by atoms with van der Waals surface area (Å²) in [5, 5.41) is 11.6. The molecule has 214 valence electrons. The maximum atomic E-state index is 17.4. The molecule has 0 aromatic rings. The number of carbonyl (C=O) groups excluding carboxylic acids is 3. The molecule has 5 aliphatic rings. The van der Waals surface area contributed by atoms with Gasteiger partial charge in [-0.1, -0.05) is 23.1 Å². The summed E-state index contributed by atoms with van der Waals surface area (Å²) < 4.78 is 51.3. The van der Waals surface area contributed by atoms with Crippen LogP contribution in [0.4, 0.5) is 9.18 Å². The predicted molar refractivity (Wildman–Crippen MR) is 137 cm³/mol. The normalized spacial score (nSPS) is 43.9. The van der Waals surface area contributed by atoms with E-state index < -0.39 is 72.4 Å². The van der Waals surface area contributed by atoms with E-state index in [0.717, 1.165) is 0 Å². The van der Waals surface area contributed by atoms with Crippen molar-refractivity contribution in [1.82, 2.24) is 0 Å². The van der Waals surface area contributed by atoms with E-state index in [1.807, 2.05) is 6.92 Å². The number of ketones is 2. The maximum Gasteiger partial charge on any atom is 0.508 e. The van der Waals surface area contributed by atoms with Crippen LogP contribution in [-0.2, 0) is 33.1 Å². The number of rotatable bonds is 6. The molecular formula is C28H37FO9P+. The standard InChI is InChI=1S/C28H37FO9P/c1-24(2)37-22-13-19-18-7-6-16-12-17(30)8-9-25(16,3)27(18,29)20(31)14-26(19,4)28(22,38-24)21(32)15-36-23(33)35-10-11-39(5)34/h8-9,12,18-20,22,31H,6-7,10-11,13-15H2,1-5H3/q+1/t18?,19?,20-,22+,25-,26-,27?,28+/m0/s1. The van der Waals surface area contributed by atoms with Crippen LogP contribution in [0.5, 0.6) is 0 Å². The molecule has 4 aliphatic carbocycles. The van der Waals surface area contributed by atoms with Gasteiger partial charge in [0.25, 0.3) is 0 Å². The van der Waals surface area contributed by atoms with Gasteiger partial charge < -0.3 is 24.1 Å². The molecule has 3 saturated carbocycles. The average molecular weight is 568 g/mol. The molecule has 4 unspecified atom stereocenters. The number of hydrogen-bond donors (Lipinski definition) is 1. The van der Waals surface area contributed by atoms with Crippen LogP contribution in [0.25, 0.3) is 0 Å². The zero-order valence-corrected chi connectivity index (χ0v) is 23.9. The Hall–Kier alpha value is -2.00. The number of Topliss-reactive ketones (excluding diaryl/α,β-unsaturated/α-hetero) is 1. The molecule has 0 amide bonds. The second-order valence-corrected chi connectivity index (χ2v) is 14.2. The minimum absolute atomic E-state index is 0.0784. The molecule has 9 atom stereocenters. The quantitative estimate of drug-likeness (QED) is 0.374. The first-order valence-electron chi connectivity index (χ1n) is 13.5. The number of allylic oxidation sites excluding steroid dienone is 4. The third kappa shape index (κ3) is 4.00. The smallest absolute Gasteiger partial charge is 0.430 e. The maximum absolute atomic E-state index is 17.4. The number of aliphatic hydroxyl groups excluding tert-OH is 1. The predicted octanol–water partition coefficient (Wildman–Crippen LogP) is 4.04. The monoisotopic (exact) mass is 567 g/mol. The van der Waals surface area contributed by atoms with E-state index in [9.17, 15) is 24.1 Å². The van der Waals surface area contributed by atoms with Crippen LogP contribution in [0.1, 0.15) is 53.4 Å². The lowest BCUT2D eigenvalue weighted by Gasteiger charge is -2.62. The lowest BCUT2D eigenvalue weighted by atomic mass is 9.44. The van der Waals surface area contributed by atoms with E-state index in [2.05, 4.69) is 0 Å². The van der Waals surface area contributed by atoms with Crippen LogP contribution in [0.2, 0.25) is 0 Å². The van der Waals surface area contributed by atoms with Crippen molar-refractivity contribution in [3.05, 3.63) is 23.8 Å². The topological polar surface area (TPSA) is 125 Å². The van der Waals surface area contributed by atoms with Crippen LogP contribution in [0, 0.1) is 22.7 Å². The van der Waals surface area contributed by atoms with E-state index in [0.29, 0.717) is 24.8 Å². The molecule has 1 saturated heterocycles. The first-order valence-corrected chi connectivity index (χ1v) is 15.4. The average Bonchev–Trinajstić information content (AvgIpc) is 3.24. The largest absolute Gasteiger partial charge is 0.508 e. The lowest BCUT2D eigenvalue weighted by Crippen LogP contribution is -2.70. The fourth-order valence-electron chi connectivity index (χ4n) is 8.34. The number of fused-ring (bicyclic) bond motifs is 7. The summed E-state index contributed by atoms with van der Waals surface area (Å²) in [6.07, 6.45) is 2.53. The van der Waals surface area contributed by atoms with Gasteiger partial charge in [0.1, 0.15) is 13.3 Å². The Labute approximate surface area is 228 Å². The van der Waals surface area contributed by atoms with E-state index >= 15 is 4.39 Å². The molecule has 5 rings (SSSR count). The molecule has 39 heavy (non-hydrogen) atoms. The highest BCUT2D eigenvalue weighted by Crippen LogP contribution is 2.72. The van der Waals surface area contributed by atoms with Gasteiger partial charge in [0, 0.05) is 16.7 Å². The van der Waals surface area contributed by atoms with Gasteiger partial charge in [-0.15, -0.1) is 0 Å². The number of aliphatic hydroxyl groups is 1. The van der Waals surface area contributed by atoms with Crippen molar-refractivity contribution < 1.29 is 47.4 Å². The first kappa shape index (κ1) is 28.5. The van der Waals surface area contributed by atoms with Gasteiger partial charge in [0.2, 0.25) is 5.78 Å². The Morgan fingerprint density at radius 3 is 2.62 bits per heavy atom. The lowest BCUT2D eigenvalue weighted by molar-refractivity contribution is -0.246. The van der Waals surface area contributed by atoms with Gasteiger partial charge in [-0.05, 0) is 64.5 Å². The number of carbonyl (C=O) groups is 3. The number of ether oxygens (including phenoxy) is 4. The molecule has 9 nitrogen and oxygen atoms in total. The highest BCUT2D eigenvalue weighted by molar-refractivity contribution is 7.43. The fourth-order valence-corrected chi connectivity index (χ4v) is 8.69. The second-order valence-electron chi connectivity index (χ2n) is 12.5. The van der Waals surface area contributed by atoms with E-state index in [-0.39, 0.29) is 30.9 Å². The van der Waals surface area contributed by atoms with Crippen molar-refractivity contribution in [2.75, 3.05) is 26.0 Å². The molecule has 0 aromatic carbocycles. The van der Waals surface area contributed by atoms with Crippen LogP contribution in [0.15, 0.2) is 23.8 Å². The van der Waals surface area contributed by atoms with Gasteiger partial charge in [-0.2, -0.15) is 0 Å². The van der Waals surface area contributed by atoms with Crippen LogP contribution >= 0.6 is 7.80 Å². The van der Waals surface area contributed by atoms with Crippen molar-refractivity contribution >= 4 is 25.5 Å². The highest BCUT2D eigenvalue weighted by Gasteiger charge is 2.80. The first-order chi connectivity index (χ1) is 18.1. The summed E-state index contributed by atoms with van der Waals surface area (Å²) in [4.78, 5) is 38.1. The summed E-state index contributed by atoms with van der Waals surface area (Å²) in [7, 11) is -1.49. The van der Waals surface area contributed by atoms with Crippen LogP contribution in [-0.4, -0.2) is 78.1 Å². The SMILES string of the molecule is C[P+](=O)CCOC(=O)OCC(=O)[C@@]12OC(C)(C)O[C@@H]1CC1C3CCC4=CC(=O)C=C[C@]4(C)C3(F)[C@@H](O)C[C@@]12C. The Balaban J connectivity index is 1.46. The molecule has 4 fully saturated rings. The highest BCUT2D eigenvalue weighted by atomic mass is 31.1. The second kappa shape index (κ2) is 9.26. The summed E-state index contributed by atoms with van der Waals surface area (Å²) in [6, 6.07) is 0. The molecule has 0 radical (unpaired) electrons. The van der Waals surface area contributed by atoms with E-state index in [1.165, 1.54) is 18.8 Å². The number of halogens is 1. The Morgan fingerprint density at radius 1 is 1.21 bits per heavy atom. The number of hydrogen-bond acceptors (Lipinski definition) is 9. The zero-order valence-electron chi connectivity index (χ0n) is 23.0. The molecule has 0 aromatic heterocycles. The third-order valence-electron chi connectivity index (χ3n) is 10.00. The summed E-state index contributed by atoms with van der Waals surface area (Å²) in [6.45, 7) is 7.74. The Morgan fingerprint density at radius 2 is 1.92 bits per heavy atom. The van der Waals surface area contributed by atoms with Crippen molar-refractivity contribution in [3.63, 3.8) is 0 Å². The summed E-state index contributed by atoms with van der Waals surface area (Å²) in [5.41, 5.74) is -5.14. The van der Waals surface area contributed by atoms with Gasteiger partial charge in [-0.3, -0.25) is 9.59 Å². The van der Waals surface area contributed by atoms with Crippen LogP contribution < -0.4 is 0 Å². The molecule has 1 aliphatic heterocycles. The van der Waals surface area contributed by atoms with E-state index in [1.54, 1.807) is 26.8 Å². The minimum Gasteiger partial charge on any atom is -0.430 e. The third-order valence-corrected chi connectivity index (χ3v) is 10.8. The fraction of sp³-hybridized carbons (Fsp3) is 0.750. The van der Waals surface area contributed by atoms with Crippen molar-refractivity contribution in [2.24, 2.45) is 22.7 Å². The molecule has 0 bridgehead atoms. The Bertz CT molecular complexity index is 1180. The van der Waals surface area contributed by atoms with Gasteiger partial charge in [0.15, 0.2) is 35.6 Å². The zero-order chi connectivity index (χ0) is 28.6. The van der Waals surface area contributed by atoms with Crippen LogP contribution in [0.3, 0.4) is 0 Å². The summed E-state index contributed by atoms with van der Waals surface area (Å²) >= 11 is 0. The van der Waals surface area contributed by atoms with Crippen molar-refractivity contribution in [3.8, 4) is 0 Å². The van der Waals surface area contributed by atoms with Crippen molar-refractivity contribution in [2.45, 2.75) is 82.6 Å². The minimum atomic E-state index is -2.06. The molecular weight excluding hydrogens is 530 g/mol. The Kier molecular flexibility index (Phi) is 6.78. The summed E-state index contributed by atoms with van der Waals surface area (Å²) in [5.74, 6) is -2.86.